The van der Waals surface area contributed by atoms with E-state index >= 15 is 0 Å². The van der Waals surface area contributed by atoms with E-state index < -0.39 is 0 Å². The summed E-state index contributed by atoms with van der Waals surface area (Å²) in [4.78, 5) is 0. The number of thioether (sulfide) groups is 1. The summed E-state index contributed by atoms with van der Waals surface area (Å²) in [6.07, 6.45) is 6.32. The van der Waals surface area contributed by atoms with Crippen LogP contribution in [0.3, 0.4) is 0 Å². The van der Waals surface area contributed by atoms with Crippen molar-refractivity contribution in [2.45, 2.75) is 54.0 Å². The number of rotatable bonds is 6. The Bertz CT molecular complexity index is 1270. The number of nitrogens with one attached hydrogen (secondary N) is 1. The van der Waals surface area contributed by atoms with Crippen LogP contribution in [0.25, 0.3) is 22.5 Å². The first-order valence-electron chi connectivity index (χ1n) is 12.6. The molecule has 2 aromatic rings. The molecule has 2 heterocycles. The standard InChI is InChI=1S/C28H32N2O4S.C2H6/c1-16(18(3)30-32)11-13-35-14-12-23-25-19(26-22(34-23)10-9-21(31)27(26)33-6)7-8-20-24(25)17(2)15-28(4,5)29-20;1-2/h7-13,15-16,29,31-32H,14H2,1-6H3;1-2H3/b13-11-,23-12-,30-18-;. The Morgan fingerprint density at radius 2 is 1.92 bits per heavy atom. The van der Waals surface area contributed by atoms with Crippen LogP contribution in [0.2, 0.25) is 0 Å². The summed E-state index contributed by atoms with van der Waals surface area (Å²) in [7, 11) is 1.56. The first-order valence-corrected chi connectivity index (χ1v) is 13.6. The summed E-state index contributed by atoms with van der Waals surface area (Å²) in [6.45, 7) is 14.2. The molecule has 2 aromatic carbocycles. The molecule has 0 aromatic heterocycles. The highest BCUT2D eigenvalue weighted by Gasteiger charge is 2.33. The Balaban J connectivity index is 0.00000186. The lowest BCUT2D eigenvalue weighted by molar-refractivity contribution is 0.316. The van der Waals surface area contributed by atoms with Crippen molar-refractivity contribution in [3.05, 3.63) is 59.0 Å². The van der Waals surface area contributed by atoms with Gasteiger partial charge in [0.15, 0.2) is 11.5 Å². The van der Waals surface area contributed by atoms with Crippen molar-refractivity contribution < 1.29 is 19.8 Å². The minimum absolute atomic E-state index is 0.0630. The molecule has 0 amide bonds. The highest BCUT2D eigenvalue weighted by atomic mass is 32.2. The minimum atomic E-state index is -0.161. The second kappa shape index (κ2) is 11.8. The van der Waals surface area contributed by atoms with Gasteiger partial charge in [0.25, 0.3) is 0 Å². The van der Waals surface area contributed by atoms with Crippen LogP contribution >= 0.6 is 11.8 Å². The predicted molar refractivity (Wildman–Crippen MR) is 157 cm³/mol. The van der Waals surface area contributed by atoms with Crippen LogP contribution in [0.15, 0.2) is 53.1 Å². The number of methoxy groups -OCH3 is 1. The highest BCUT2D eigenvalue weighted by Crippen LogP contribution is 2.53. The smallest absolute Gasteiger partial charge is 0.172 e. The van der Waals surface area contributed by atoms with E-state index in [0.717, 1.165) is 39.3 Å². The zero-order chi connectivity index (χ0) is 27.3. The number of aromatic hydroxyl groups is 1. The molecular formula is C30H38N2O4S. The number of benzene rings is 2. The van der Waals surface area contributed by atoms with Gasteiger partial charge in [-0.2, -0.15) is 0 Å². The van der Waals surface area contributed by atoms with Gasteiger partial charge >= 0.3 is 0 Å². The molecule has 7 heteroatoms. The molecule has 4 rings (SSSR count). The zero-order valence-electron chi connectivity index (χ0n) is 23.0. The van der Waals surface area contributed by atoms with Crippen molar-refractivity contribution in [1.29, 1.82) is 0 Å². The fourth-order valence-electron chi connectivity index (χ4n) is 4.57. The predicted octanol–water partition coefficient (Wildman–Crippen LogP) is 8.17. The number of hydrogen-bond acceptors (Lipinski definition) is 7. The molecule has 0 aliphatic carbocycles. The fourth-order valence-corrected chi connectivity index (χ4v) is 5.28. The van der Waals surface area contributed by atoms with Crippen molar-refractivity contribution in [3.63, 3.8) is 0 Å². The van der Waals surface area contributed by atoms with Gasteiger partial charge in [-0.05, 0) is 63.0 Å². The molecule has 0 bridgehead atoms. The van der Waals surface area contributed by atoms with Crippen molar-refractivity contribution in [1.82, 2.24) is 0 Å². The molecule has 2 aliphatic rings. The van der Waals surface area contributed by atoms with Crippen molar-refractivity contribution in [2.24, 2.45) is 11.1 Å². The van der Waals surface area contributed by atoms with Crippen molar-refractivity contribution in [3.8, 4) is 28.4 Å². The molecule has 0 spiro atoms. The highest BCUT2D eigenvalue weighted by molar-refractivity contribution is 8.02. The lowest BCUT2D eigenvalue weighted by atomic mass is 9.83. The lowest BCUT2D eigenvalue weighted by Gasteiger charge is -2.35. The van der Waals surface area contributed by atoms with Gasteiger partial charge < -0.3 is 25.1 Å². The van der Waals surface area contributed by atoms with Gasteiger partial charge in [-0.25, -0.2) is 0 Å². The summed E-state index contributed by atoms with van der Waals surface area (Å²) in [6, 6.07) is 7.53. The molecule has 6 nitrogen and oxygen atoms in total. The van der Waals surface area contributed by atoms with E-state index in [-0.39, 0.29) is 17.2 Å². The van der Waals surface area contributed by atoms with Crippen molar-refractivity contribution in [2.75, 3.05) is 18.2 Å². The van der Waals surface area contributed by atoms with E-state index in [1.807, 2.05) is 32.3 Å². The van der Waals surface area contributed by atoms with Crippen LogP contribution in [0.4, 0.5) is 5.69 Å². The number of anilines is 1. The molecule has 0 radical (unpaired) electrons. The fraction of sp³-hybridized carbons (Fsp3) is 0.367. The van der Waals surface area contributed by atoms with Gasteiger partial charge in [0, 0.05) is 34.0 Å². The largest absolute Gasteiger partial charge is 0.504 e. The second-order valence-electron chi connectivity index (χ2n) is 9.44. The van der Waals surface area contributed by atoms with Gasteiger partial charge in [-0.3, -0.25) is 0 Å². The van der Waals surface area contributed by atoms with Crippen LogP contribution in [-0.4, -0.2) is 34.4 Å². The number of fused-ring (bicyclic) bond motifs is 5. The Morgan fingerprint density at radius 1 is 1.19 bits per heavy atom. The van der Waals surface area contributed by atoms with Crippen LogP contribution < -0.4 is 14.8 Å². The van der Waals surface area contributed by atoms with Crippen LogP contribution in [0.1, 0.15) is 59.6 Å². The van der Waals surface area contributed by atoms with Crippen LogP contribution in [0.5, 0.6) is 17.2 Å². The number of ether oxygens (including phenoxy) is 2. The van der Waals surface area contributed by atoms with Gasteiger partial charge in [0.1, 0.15) is 11.5 Å². The summed E-state index contributed by atoms with van der Waals surface area (Å²) < 4.78 is 12.0. The molecule has 37 heavy (non-hydrogen) atoms. The Labute approximate surface area is 224 Å². The van der Waals surface area contributed by atoms with Gasteiger partial charge in [-0.15, -0.1) is 11.8 Å². The number of phenolic OH excluding ortho intramolecular Hbond substituents is 1. The molecule has 1 atom stereocenters. The molecule has 0 fully saturated rings. The average Bonchev–Trinajstić information content (AvgIpc) is 2.87. The first kappa shape index (κ1) is 28.3. The molecular weight excluding hydrogens is 484 g/mol. The third-order valence-electron chi connectivity index (χ3n) is 6.32. The van der Waals surface area contributed by atoms with Gasteiger partial charge in [-0.1, -0.05) is 44.1 Å². The number of hydrogen-bond donors (Lipinski definition) is 3. The van der Waals surface area contributed by atoms with E-state index in [1.54, 1.807) is 37.9 Å². The zero-order valence-corrected chi connectivity index (χ0v) is 23.8. The van der Waals surface area contributed by atoms with Crippen molar-refractivity contribution >= 4 is 34.5 Å². The topological polar surface area (TPSA) is 83.3 Å². The van der Waals surface area contributed by atoms with Gasteiger partial charge in [0.2, 0.25) is 0 Å². The SMILES string of the molecule is CC.COc1c(O)ccc2c1-c1ccc3c(c1/C(=C/CS/C=C\C(C)/C(C)=N\O)O2)C(C)=CC(C)(C)N3. The normalized spacial score (nSPS) is 17.4. The Morgan fingerprint density at radius 3 is 2.59 bits per heavy atom. The van der Waals surface area contributed by atoms with Gasteiger partial charge in [0.05, 0.1) is 23.9 Å². The Hall–Kier alpha value is -3.32. The monoisotopic (exact) mass is 522 g/mol. The molecule has 0 saturated heterocycles. The van der Waals surface area contributed by atoms with E-state index in [1.165, 1.54) is 0 Å². The van der Waals surface area contributed by atoms with Crippen LogP contribution in [-0.2, 0) is 0 Å². The third-order valence-corrected chi connectivity index (χ3v) is 7.03. The number of allylic oxidation sites excluding steroid dienone is 2. The third kappa shape index (κ3) is 5.82. The first-order chi connectivity index (χ1) is 17.7. The summed E-state index contributed by atoms with van der Waals surface area (Å²) in [5.41, 5.74) is 6.50. The maximum atomic E-state index is 10.5. The Kier molecular flexibility index (Phi) is 9.02. The molecule has 3 N–H and O–H groups in total. The van der Waals surface area contributed by atoms with E-state index in [4.69, 9.17) is 14.7 Å². The van der Waals surface area contributed by atoms with E-state index in [9.17, 15) is 5.11 Å². The lowest BCUT2D eigenvalue weighted by Crippen LogP contribution is -2.32. The van der Waals surface area contributed by atoms with E-state index in [0.29, 0.717) is 23.0 Å². The number of oxime groups is 1. The minimum Gasteiger partial charge on any atom is -0.504 e. The number of nitrogens with zero attached hydrogens (tertiary/aromatic N) is 1. The summed E-state index contributed by atoms with van der Waals surface area (Å²) in [5.74, 6) is 2.66. The molecule has 0 saturated carbocycles. The maximum Gasteiger partial charge on any atom is 0.172 e. The average molecular weight is 523 g/mol. The van der Waals surface area contributed by atoms with E-state index in [2.05, 4.69) is 55.5 Å². The molecule has 198 valence electrons. The summed E-state index contributed by atoms with van der Waals surface area (Å²) >= 11 is 1.64. The maximum absolute atomic E-state index is 10.5. The summed E-state index contributed by atoms with van der Waals surface area (Å²) in [5, 5.41) is 28.3. The molecule has 1 unspecified atom stereocenters. The molecule has 2 aliphatic heterocycles. The number of phenols is 1. The van der Waals surface area contributed by atoms with Crippen LogP contribution in [0, 0.1) is 5.92 Å². The second-order valence-corrected chi connectivity index (χ2v) is 10.4. The quantitative estimate of drug-likeness (QED) is 0.154.